The molecule has 4 rings (SSSR count). The zero-order valence-corrected chi connectivity index (χ0v) is 17.5. The Morgan fingerprint density at radius 3 is 2.59 bits per heavy atom. The highest BCUT2D eigenvalue weighted by Gasteiger charge is 2.40. The van der Waals surface area contributed by atoms with Gasteiger partial charge in [0.25, 0.3) is 5.91 Å². The number of aryl methyl sites for hydroxylation is 1. The minimum absolute atomic E-state index is 0.147. The van der Waals surface area contributed by atoms with Crippen LogP contribution in [0.3, 0.4) is 0 Å². The van der Waals surface area contributed by atoms with Crippen LogP contribution in [0, 0.1) is 11.3 Å². The summed E-state index contributed by atoms with van der Waals surface area (Å²) in [6.07, 6.45) is 3.04. The fourth-order valence-corrected chi connectivity index (χ4v) is 4.53. The smallest absolute Gasteiger partial charge is 0.328 e. The minimum Gasteiger partial charge on any atom is -0.467 e. The Hall–Kier alpha value is -2.63. The van der Waals surface area contributed by atoms with Gasteiger partial charge in [0, 0.05) is 24.9 Å². The van der Waals surface area contributed by atoms with E-state index in [-0.39, 0.29) is 11.3 Å². The molecule has 0 saturated carbocycles. The van der Waals surface area contributed by atoms with Gasteiger partial charge in [0.2, 0.25) is 0 Å². The Labute approximate surface area is 171 Å². The van der Waals surface area contributed by atoms with Crippen LogP contribution in [0.5, 0.6) is 0 Å². The largest absolute Gasteiger partial charge is 0.467 e. The topological polar surface area (TPSA) is 72.6 Å². The molecule has 1 aromatic carbocycles. The van der Waals surface area contributed by atoms with Crippen molar-refractivity contribution < 1.29 is 18.8 Å². The number of rotatable bonds is 2. The van der Waals surface area contributed by atoms with Crippen molar-refractivity contribution in [2.75, 3.05) is 7.11 Å². The molecule has 0 fully saturated rings. The van der Waals surface area contributed by atoms with Crippen LogP contribution >= 0.6 is 0 Å². The van der Waals surface area contributed by atoms with Gasteiger partial charge in [0.05, 0.1) is 7.11 Å². The summed E-state index contributed by atoms with van der Waals surface area (Å²) in [5, 5.41) is 4.15. The van der Waals surface area contributed by atoms with Gasteiger partial charge < -0.3 is 14.2 Å². The first kappa shape index (κ1) is 19.7. The number of amides is 1. The molecule has 0 saturated heterocycles. The molecule has 0 spiro atoms. The van der Waals surface area contributed by atoms with E-state index in [1.54, 1.807) is 4.90 Å². The van der Waals surface area contributed by atoms with Gasteiger partial charge in [-0.3, -0.25) is 4.79 Å². The van der Waals surface area contributed by atoms with Crippen LogP contribution in [0.15, 0.2) is 28.8 Å². The lowest BCUT2D eigenvalue weighted by Crippen LogP contribution is -2.49. The van der Waals surface area contributed by atoms with Gasteiger partial charge in [-0.25, -0.2) is 4.79 Å². The predicted molar refractivity (Wildman–Crippen MR) is 107 cm³/mol. The van der Waals surface area contributed by atoms with Crippen LogP contribution in [0.1, 0.15) is 60.1 Å². The van der Waals surface area contributed by atoms with E-state index < -0.39 is 12.0 Å². The number of ether oxygens (including phenoxy) is 1. The number of hydrogen-bond donors (Lipinski definition) is 0. The summed E-state index contributed by atoms with van der Waals surface area (Å²) < 4.78 is 10.5. The molecule has 2 aromatic rings. The molecule has 1 aliphatic heterocycles. The number of esters is 1. The maximum Gasteiger partial charge on any atom is 0.328 e. The number of carbonyl (C=O) groups excluding carboxylic acids is 2. The zero-order valence-electron chi connectivity index (χ0n) is 17.5. The Balaban J connectivity index is 1.67. The molecule has 0 bridgehead atoms. The Morgan fingerprint density at radius 1 is 1.17 bits per heavy atom. The van der Waals surface area contributed by atoms with Gasteiger partial charge in [-0.15, -0.1) is 0 Å². The van der Waals surface area contributed by atoms with Crippen LogP contribution in [0.25, 0.3) is 0 Å². The van der Waals surface area contributed by atoms with Crippen LogP contribution in [0.4, 0.5) is 0 Å². The van der Waals surface area contributed by atoms with Gasteiger partial charge in [-0.05, 0) is 35.3 Å². The van der Waals surface area contributed by atoms with Gasteiger partial charge in [0.1, 0.15) is 11.8 Å². The lowest BCUT2D eigenvalue weighted by molar-refractivity contribution is -0.146. The fourth-order valence-electron chi connectivity index (χ4n) is 4.53. The van der Waals surface area contributed by atoms with E-state index in [4.69, 9.17) is 9.26 Å². The predicted octanol–water partition coefficient (Wildman–Crippen LogP) is 3.57. The summed E-state index contributed by atoms with van der Waals surface area (Å²) in [5.74, 6) is 0.604. The number of nitrogens with zero attached hydrogens (tertiary/aromatic N) is 2. The lowest BCUT2D eigenvalue weighted by atomic mass is 9.71. The Kier molecular flexibility index (Phi) is 4.97. The van der Waals surface area contributed by atoms with Crippen molar-refractivity contribution >= 4 is 11.9 Å². The number of aromatic nitrogens is 1. The normalized spacial score (nSPS) is 21.3. The van der Waals surface area contributed by atoms with Crippen molar-refractivity contribution in [2.45, 2.75) is 59.0 Å². The fraction of sp³-hybridized carbons (Fsp3) is 0.522. The van der Waals surface area contributed by atoms with Crippen molar-refractivity contribution in [1.29, 1.82) is 0 Å². The molecular weight excluding hydrogens is 368 g/mol. The molecule has 6 nitrogen and oxygen atoms in total. The monoisotopic (exact) mass is 396 g/mol. The molecule has 2 atom stereocenters. The SMILES string of the molecule is COC(=O)[C@H]1Cc2ccccc2CN1C(=O)c1noc2c1C[C@@H](C(C)(C)C)CC2. The highest BCUT2D eigenvalue weighted by atomic mass is 16.5. The van der Waals surface area contributed by atoms with Crippen molar-refractivity contribution in [3.63, 3.8) is 0 Å². The van der Waals surface area contributed by atoms with Crippen LogP contribution < -0.4 is 0 Å². The first-order valence-corrected chi connectivity index (χ1v) is 10.2. The molecular formula is C23H28N2O4. The van der Waals surface area contributed by atoms with E-state index in [2.05, 4.69) is 25.9 Å². The third-order valence-corrected chi connectivity index (χ3v) is 6.45. The molecule has 0 N–H and O–H groups in total. The van der Waals surface area contributed by atoms with Gasteiger partial charge in [-0.1, -0.05) is 50.2 Å². The first-order valence-electron chi connectivity index (χ1n) is 10.2. The number of carbonyl (C=O) groups is 2. The average Bonchev–Trinajstić information content (AvgIpc) is 3.14. The highest BCUT2D eigenvalue weighted by molar-refractivity contribution is 5.97. The summed E-state index contributed by atoms with van der Waals surface area (Å²) in [6.45, 7) is 7.05. The van der Waals surface area contributed by atoms with E-state index in [1.807, 2.05) is 24.3 Å². The Morgan fingerprint density at radius 2 is 1.90 bits per heavy atom. The molecule has 29 heavy (non-hydrogen) atoms. The maximum atomic E-state index is 13.5. The molecule has 2 heterocycles. The average molecular weight is 396 g/mol. The molecule has 0 radical (unpaired) electrons. The molecule has 154 valence electrons. The van der Waals surface area contributed by atoms with Crippen LogP contribution in [-0.2, 0) is 35.3 Å². The summed E-state index contributed by atoms with van der Waals surface area (Å²) in [4.78, 5) is 27.6. The van der Waals surface area contributed by atoms with Crippen LogP contribution in [-0.4, -0.2) is 35.1 Å². The highest BCUT2D eigenvalue weighted by Crippen LogP contribution is 2.39. The number of hydrogen-bond acceptors (Lipinski definition) is 5. The second-order valence-electron chi connectivity index (χ2n) is 9.18. The van der Waals surface area contributed by atoms with E-state index in [9.17, 15) is 9.59 Å². The van der Waals surface area contributed by atoms with Crippen LogP contribution in [0.2, 0.25) is 0 Å². The zero-order chi connectivity index (χ0) is 20.8. The van der Waals surface area contributed by atoms with E-state index >= 15 is 0 Å². The number of benzene rings is 1. The molecule has 1 aliphatic carbocycles. The Bertz CT molecular complexity index is 941. The van der Waals surface area contributed by atoms with E-state index in [1.165, 1.54) is 7.11 Å². The molecule has 6 heteroatoms. The summed E-state index contributed by atoms with van der Waals surface area (Å²) in [6, 6.07) is 7.24. The van der Waals surface area contributed by atoms with Gasteiger partial charge >= 0.3 is 5.97 Å². The van der Waals surface area contributed by atoms with Crippen molar-refractivity contribution in [3.05, 3.63) is 52.4 Å². The van der Waals surface area contributed by atoms with Crippen molar-refractivity contribution in [1.82, 2.24) is 10.1 Å². The minimum atomic E-state index is -0.656. The summed E-state index contributed by atoms with van der Waals surface area (Å²) in [7, 11) is 1.36. The lowest BCUT2D eigenvalue weighted by Gasteiger charge is -2.35. The maximum absolute atomic E-state index is 13.5. The first-order chi connectivity index (χ1) is 13.8. The second kappa shape index (κ2) is 7.32. The second-order valence-corrected chi connectivity index (χ2v) is 9.18. The summed E-state index contributed by atoms with van der Waals surface area (Å²) >= 11 is 0. The number of fused-ring (bicyclic) bond motifs is 2. The third-order valence-electron chi connectivity index (χ3n) is 6.45. The summed E-state index contributed by atoms with van der Waals surface area (Å²) in [5.41, 5.74) is 3.52. The van der Waals surface area contributed by atoms with E-state index in [0.29, 0.717) is 24.6 Å². The standard InChI is InChI=1S/C23H28N2O4/c1-23(2,3)16-9-10-19-17(12-16)20(24-29-19)21(26)25-13-15-8-6-5-7-14(15)11-18(25)22(27)28-4/h5-8,16,18H,9-13H2,1-4H3/t16-,18+/m0/s1. The van der Waals surface area contributed by atoms with Gasteiger partial charge in [-0.2, -0.15) is 0 Å². The van der Waals surface area contributed by atoms with Crippen molar-refractivity contribution in [3.8, 4) is 0 Å². The molecule has 1 aromatic heterocycles. The molecule has 0 unspecified atom stereocenters. The number of methoxy groups -OCH3 is 1. The quantitative estimate of drug-likeness (QED) is 0.726. The molecule has 2 aliphatic rings. The third kappa shape index (κ3) is 3.56. The van der Waals surface area contributed by atoms with E-state index in [0.717, 1.165) is 41.7 Å². The van der Waals surface area contributed by atoms with Crippen molar-refractivity contribution in [2.24, 2.45) is 11.3 Å². The van der Waals surface area contributed by atoms with Gasteiger partial charge in [0.15, 0.2) is 5.69 Å². The molecule has 1 amide bonds.